The Morgan fingerprint density at radius 3 is 2.95 bits per heavy atom. The zero-order valence-corrected chi connectivity index (χ0v) is 11.3. The Labute approximate surface area is 116 Å². The van der Waals surface area contributed by atoms with Gasteiger partial charge in [-0.1, -0.05) is 11.6 Å². The van der Waals surface area contributed by atoms with Crippen molar-refractivity contribution in [2.45, 2.75) is 25.2 Å². The Morgan fingerprint density at radius 2 is 2.25 bits per heavy atom. The van der Waals surface area contributed by atoms with E-state index in [9.17, 15) is 0 Å². The molecule has 2 heterocycles. The normalized spacial score (nSPS) is 22.1. The van der Waals surface area contributed by atoms with Gasteiger partial charge in [0.05, 0.1) is 7.11 Å². The molecule has 7 heteroatoms. The molecule has 1 aliphatic carbocycles. The molecule has 0 aliphatic heterocycles. The maximum Gasteiger partial charge on any atom is 0.233 e. The van der Waals surface area contributed by atoms with Crippen LogP contribution in [0.25, 0.3) is 11.5 Å². The van der Waals surface area contributed by atoms with Gasteiger partial charge in [0.15, 0.2) is 0 Å². The van der Waals surface area contributed by atoms with Gasteiger partial charge in [-0.25, -0.2) is 0 Å². The standard InChI is InChI=1S/C13H17N5O2/c1-19-11-6-5-10(16-17-11)12-15-13(20-18-12)9-4-2-3-8(9)7-14/h5-6,8-9H,2-4,7,14H2,1H3. The Morgan fingerprint density at radius 1 is 1.35 bits per heavy atom. The van der Waals surface area contributed by atoms with E-state index in [1.807, 2.05) is 0 Å². The number of ether oxygens (including phenoxy) is 1. The van der Waals surface area contributed by atoms with Crippen molar-refractivity contribution in [1.82, 2.24) is 20.3 Å². The molecule has 20 heavy (non-hydrogen) atoms. The molecule has 2 N–H and O–H groups in total. The van der Waals surface area contributed by atoms with E-state index in [1.54, 1.807) is 19.2 Å². The molecule has 0 amide bonds. The van der Waals surface area contributed by atoms with Crippen LogP contribution in [0.1, 0.15) is 31.1 Å². The molecular formula is C13H17N5O2. The van der Waals surface area contributed by atoms with E-state index in [-0.39, 0.29) is 5.92 Å². The van der Waals surface area contributed by atoms with E-state index < -0.39 is 0 Å². The van der Waals surface area contributed by atoms with Crippen molar-refractivity contribution in [1.29, 1.82) is 0 Å². The van der Waals surface area contributed by atoms with E-state index in [1.165, 1.54) is 0 Å². The average Bonchev–Trinajstić information content (AvgIpc) is 3.15. The van der Waals surface area contributed by atoms with Crippen LogP contribution in [-0.2, 0) is 0 Å². The van der Waals surface area contributed by atoms with Gasteiger partial charge in [0.2, 0.25) is 17.6 Å². The fourth-order valence-electron chi connectivity index (χ4n) is 2.68. The molecular weight excluding hydrogens is 258 g/mol. The lowest BCUT2D eigenvalue weighted by Gasteiger charge is -2.12. The number of rotatable bonds is 4. The van der Waals surface area contributed by atoms with Crippen LogP contribution in [0.4, 0.5) is 0 Å². The minimum Gasteiger partial charge on any atom is -0.480 e. The van der Waals surface area contributed by atoms with Gasteiger partial charge < -0.3 is 15.0 Å². The minimum absolute atomic E-state index is 0.271. The van der Waals surface area contributed by atoms with Gasteiger partial charge >= 0.3 is 0 Å². The van der Waals surface area contributed by atoms with Gasteiger partial charge in [0, 0.05) is 12.0 Å². The summed E-state index contributed by atoms with van der Waals surface area (Å²) in [5, 5.41) is 11.9. The Balaban J connectivity index is 1.82. The lowest BCUT2D eigenvalue weighted by atomic mass is 9.96. The lowest BCUT2D eigenvalue weighted by molar-refractivity contribution is 0.326. The summed E-state index contributed by atoms with van der Waals surface area (Å²) < 4.78 is 10.3. The second kappa shape index (κ2) is 5.54. The topological polar surface area (TPSA) is 100.0 Å². The van der Waals surface area contributed by atoms with Crippen LogP contribution >= 0.6 is 0 Å². The first-order valence-electron chi connectivity index (χ1n) is 6.73. The molecule has 1 saturated carbocycles. The summed E-state index contributed by atoms with van der Waals surface area (Å²) in [4.78, 5) is 4.44. The molecule has 3 rings (SSSR count). The van der Waals surface area contributed by atoms with Gasteiger partial charge in [0.25, 0.3) is 0 Å². The average molecular weight is 275 g/mol. The summed E-state index contributed by atoms with van der Waals surface area (Å²) in [7, 11) is 1.54. The molecule has 106 valence electrons. The van der Waals surface area contributed by atoms with Crippen LogP contribution < -0.4 is 10.5 Å². The second-order valence-corrected chi connectivity index (χ2v) is 4.95. The zero-order valence-electron chi connectivity index (χ0n) is 11.3. The summed E-state index contributed by atoms with van der Waals surface area (Å²) in [6, 6.07) is 3.48. The molecule has 7 nitrogen and oxygen atoms in total. The number of hydrogen-bond acceptors (Lipinski definition) is 7. The minimum atomic E-state index is 0.271. The van der Waals surface area contributed by atoms with Crippen LogP contribution in [0, 0.1) is 5.92 Å². The molecule has 2 aromatic rings. The van der Waals surface area contributed by atoms with E-state index in [2.05, 4.69) is 20.3 Å². The van der Waals surface area contributed by atoms with Crippen LogP contribution in [0.15, 0.2) is 16.7 Å². The third-order valence-corrected chi connectivity index (χ3v) is 3.80. The highest BCUT2D eigenvalue weighted by Crippen LogP contribution is 2.38. The number of aromatic nitrogens is 4. The number of methoxy groups -OCH3 is 1. The Bertz CT molecular complexity index is 568. The van der Waals surface area contributed by atoms with Crippen LogP contribution in [0.2, 0.25) is 0 Å². The fourth-order valence-corrected chi connectivity index (χ4v) is 2.68. The van der Waals surface area contributed by atoms with Crippen molar-refractivity contribution >= 4 is 0 Å². The zero-order chi connectivity index (χ0) is 13.9. The van der Waals surface area contributed by atoms with Gasteiger partial charge in [0.1, 0.15) is 5.69 Å². The van der Waals surface area contributed by atoms with Crippen LogP contribution in [0.5, 0.6) is 5.88 Å². The lowest BCUT2D eigenvalue weighted by Crippen LogP contribution is -2.17. The molecule has 2 aromatic heterocycles. The molecule has 1 fully saturated rings. The van der Waals surface area contributed by atoms with Crippen LogP contribution in [0.3, 0.4) is 0 Å². The van der Waals surface area contributed by atoms with Crippen molar-refractivity contribution in [2.24, 2.45) is 11.7 Å². The van der Waals surface area contributed by atoms with Crippen molar-refractivity contribution in [2.75, 3.05) is 13.7 Å². The fraction of sp³-hybridized carbons (Fsp3) is 0.538. The molecule has 0 saturated heterocycles. The second-order valence-electron chi connectivity index (χ2n) is 4.95. The third kappa shape index (κ3) is 2.36. The quantitative estimate of drug-likeness (QED) is 0.899. The first kappa shape index (κ1) is 13.0. The van der Waals surface area contributed by atoms with Crippen LogP contribution in [-0.4, -0.2) is 34.0 Å². The Hall–Kier alpha value is -2.02. The number of nitrogens with two attached hydrogens (primary N) is 1. The maximum atomic E-state index is 5.79. The summed E-state index contributed by atoms with van der Waals surface area (Å²) in [5.74, 6) is 2.28. The smallest absolute Gasteiger partial charge is 0.233 e. The third-order valence-electron chi connectivity index (χ3n) is 3.80. The highest BCUT2D eigenvalue weighted by atomic mass is 16.5. The summed E-state index contributed by atoms with van der Waals surface area (Å²) in [6.07, 6.45) is 3.34. The molecule has 0 radical (unpaired) electrons. The largest absolute Gasteiger partial charge is 0.480 e. The first-order chi connectivity index (χ1) is 9.81. The summed E-state index contributed by atoms with van der Waals surface area (Å²) in [5.41, 5.74) is 6.36. The van der Waals surface area contributed by atoms with Gasteiger partial charge in [-0.3, -0.25) is 0 Å². The SMILES string of the molecule is COc1ccc(-c2noc(C3CCCC3CN)n2)nn1. The number of hydrogen-bond donors (Lipinski definition) is 1. The predicted molar refractivity (Wildman–Crippen MR) is 71.0 cm³/mol. The van der Waals surface area contributed by atoms with Crippen molar-refractivity contribution in [3.05, 3.63) is 18.0 Å². The predicted octanol–water partition coefficient (Wildman–Crippen LogP) is 1.38. The first-order valence-corrected chi connectivity index (χ1v) is 6.73. The van der Waals surface area contributed by atoms with E-state index in [0.717, 1.165) is 19.3 Å². The molecule has 2 atom stereocenters. The highest BCUT2D eigenvalue weighted by Gasteiger charge is 2.32. The molecule has 2 unspecified atom stereocenters. The van der Waals surface area contributed by atoms with E-state index in [0.29, 0.717) is 35.8 Å². The van der Waals surface area contributed by atoms with E-state index >= 15 is 0 Å². The van der Waals surface area contributed by atoms with Gasteiger partial charge in [-0.05, 0) is 31.4 Å². The molecule has 0 spiro atoms. The molecule has 1 aliphatic rings. The molecule has 0 bridgehead atoms. The summed E-state index contributed by atoms with van der Waals surface area (Å²) >= 11 is 0. The maximum absolute atomic E-state index is 5.79. The van der Waals surface area contributed by atoms with Crippen molar-refractivity contribution in [3.8, 4) is 17.4 Å². The molecule has 0 aromatic carbocycles. The van der Waals surface area contributed by atoms with Crippen molar-refractivity contribution < 1.29 is 9.26 Å². The van der Waals surface area contributed by atoms with E-state index in [4.69, 9.17) is 15.0 Å². The monoisotopic (exact) mass is 275 g/mol. The van der Waals surface area contributed by atoms with Gasteiger partial charge in [-0.2, -0.15) is 4.98 Å². The highest BCUT2D eigenvalue weighted by molar-refractivity contribution is 5.47. The summed E-state index contributed by atoms with van der Waals surface area (Å²) in [6.45, 7) is 0.657. The van der Waals surface area contributed by atoms with Crippen molar-refractivity contribution in [3.63, 3.8) is 0 Å². The van der Waals surface area contributed by atoms with Gasteiger partial charge in [-0.15, -0.1) is 10.2 Å². The Kier molecular flexibility index (Phi) is 3.60. The number of nitrogens with zero attached hydrogens (tertiary/aromatic N) is 4.